The lowest BCUT2D eigenvalue weighted by atomic mass is 9.95. The molecule has 0 aromatic carbocycles. The van der Waals surface area contributed by atoms with Gasteiger partial charge in [0.25, 0.3) is 0 Å². The van der Waals surface area contributed by atoms with Crippen LogP contribution in [0.15, 0.2) is 12.7 Å². The van der Waals surface area contributed by atoms with E-state index in [4.69, 9.17) is 5.73 Å². The van der Waals surface area contributed by atoms with Crippen LogP contribution in [0, 0.1) is 0 Å². The Labute approximate surface area is 127 Å². The Bertz CT molecular complexity index is 374. The first-order chi connectivity index (χ1) is 9.90. The molecule has 1 saturated heterocycles. The van der Waals surface area contributed by atoms with Crippen molar-refractivity contribution in [3.8, 4) is 0 Å². The molecule has 120 valence electrons. The molecule has 21 heavy (non-hydrogen) atoms. The molecule has 0 spiro atoms. The van der Waals surface area contributed by atoms with Gasteiger partial charge in [0, 0.05) is 32.7 Å². The predicted molar refractivity (Wildman–Crippen MR) is 83.7 cm³/mol. The molecule has 3 N–H and O–H groups in total. The van der Waals surface area contributed by atoms with E-state index in [0.29, 0.717) is 45.7 Å². The van der Waals surface area contributed by atoms with Crippen LogP contribution in [0.3, 0.4) is 0 Å². The van der Waals surface area contributed by atoms with Crippen molar-refractivity contribution in [2.75, 3.05) is 39.3 Å². The van der Waals surface area contributed by atoms with Gasteiger partial charge in [0.05, 0.1) is 12.1 Å². The number of nitrogens with zero attached hydrogens (tertiary/aromatic N) is 2. The zero-order chi connectivity index (χ0) is 15.9. The number of amides is 2. The van der Waals surface area contributed by atoms with Gasteiger partial charge >= 0.3 is 0 Å². The largest absolute Gasteiger partial charge is 0.352 e. The molecule has 0 aromatic rings. The molecule has 0 radical (unpaired) electrons. The highest BCUT2D eigenvalue weighted by molar-refractivity contribution is 5.85. The van der Waals surface area contributed by atoms with Gasteiger partial charge in [0.15, 0.2) is 0 Å². The van der Waals surface area contributed by atoms with Crippen LogP contribution in [0.25, 0.3) is 0 Å². The number of rotatable bonds is 7. The number of carbonyl (C=O) groups excluding carboxylic acids is 2. The monoisotopic (exact) mass is 296 g/mol. The van der Waals surface area contributed by atoms with E-state index in [0.717, 1.165) is 6.42 Å². The molecule has 1 aliphatic rings. The van der Waals surface area contributed by atoms with Crippen LogP contribution < -0.4 is 11.1 Å². The molecule has 1 atom stereocenters. The third kappa shape index (κ3) is 5.47. The summed E-state index contributed by atoms with van der Waals surface area (Å²) in [6, 6.07) is 0. The van der Waals surface area contributed by atoms with Gasteiger partial charge in [-0.3, -0.25) is 14.5 Å². The predicted octanol–water partition coefficient (Wildman–Crippen LogP) is -0.0497. The van der Waals surface area contributed by atoms with E-state index in [1.54, 1.807) is 13.0 Å². The Hall–Kier alpha value is -1.40. The molecule has 2 amide bonds. The molecule has 1 heterocycles. The summed E-state index contributed by atoms with van der Waals surface area (Å²) in [5, 5.41) is 2.76. The van der Waals surface area contributed by atoms with E-state index in [2.05, 4.69) is 16.8 Å². The van der Waals surface area contributed by atoms with E-state index in [1.807, 2.05) is 11.8 Å². The van der Waals surface area contributed by atoms with Crippen LogP contribution in [0.4, 0.5) is 0 Å². The molecule has 0 aliphatic carbocycles. The highest BCUT2D eigenvalue weighted by Crippen LogP contribution is 2.14. The maximum absolute atomic E-state index is 12.4. The van der Waals surface area contributed by atoms with Crippen molar-refractivity contribution >= 4 is 11.8 Å². The van der Waals surface area contributed by atoms with Gasteiger partial charge < -0.3 is 16.0 Å². The highest BCUT2D eigenvalue weighted by atomic mass is 16.2. The second-order valence-electron chi connectivity index (χ2n) is 5.83. The quantitative estimate of drug-likeness (QED) is 0.646. The summed E-state index contributed by atoms with van der Waals surface area (Å²) in [4.78, 5) is 27.9. The second kappa shape index (κ2) is 8.14. The van der Waals surface area contributed by atoms with Crippen LogP contribution in [0.5, 0.6) is 0 Å². The second-order valence-corrected chi connectivity index (χ2v) is 5.83. The molecule has 1 fully saturated rings. The molecule has 0 saturated carbocycles. The van der Waals surface area contributed by atoms with Gasteiger partial charge in [-0.25, -0.2) is 0 Å². The molecule has 1 unspecified atom stereocenters. The van der Waals surface area contributed by atoms with Crippen LogP contribution in [0.2, 0.25) is 0 Å². The first kappa shape index (κ1) is 17.7. The van der Waals surface area contributed by atoms with Crippen molar-refractivity contribution in [2.24, 2.45) is 5.73 Å². The van der Waals surface area contributed by atoms with Crippen molar-refractivity contribution in [1.29, 1.82) is 0 Å². The van der Waals surface area contributed by atoms with Crippen molar-refractivity contribution in [2.45, 2.75) is 32.2 Å². The third-order valence-corrected chi connectivity index (χ3v) is 3.73. The molecule has 6 heteroatoms. The number of carbonyl (C=O) groups is 2. The molecule has 6 nitrogen and oxygen atoms in total. The van der Waals surface area contributed by atoms with E-state index in [1.165, 1.54) is 0 Å². The average molecular weight is 296 g/mol. The summed E-state index contributed by atoms with van der Waals surface area (Å²) >= 11 is 0. The van der Waals surface area contributed by atoms with E-state index >= 15 is 0 Å². The first-order valence-electron chi connectivity index (χ1n) is 7.59. The summed E-state index contributed by atoms with van der Waals surface area (Å²) in [7, 11) is 0. The van der Waals surface area contributed by atoms with Crippen LogP contribution in [0.1, 0.15) is 26.7 Å². The van der Waals surface area contributed by atoms with Gasteiger partial charge in [-0.15, -0.1) is 6.58 Å². The van der Waals surface area contributed by atoms with Gasteiger partial charge in [-0.1, -0.05) is 19.4 Å². The zero-order valence-electron chi connectivity index (χ0n) is 13.2. The topological polar surface area (TPSA) is 78.7 Å². The van der Waals surface area contributed by atoms with Crippen molar-refractivity contribution in [1.82, 2.24) is 15.1 Å². The van der Waals surface area contributed by atoms with Gasteiger partial charge in [-0.2, -0.15) is 0 Å². The molecule has 0 bridgehead atoms. The summed E-state index contributed by atoms with van der Waals surface area (Å²) in [6.45, 7) is 10.9. The third-order valence-electron chi connectivity index (χ3n) is 3.73. The molecule has 1 aliphatic heterocycles. The maximum atomic E-state index is 12.4. The van der Waals surface area contributed by atoms with Crippen LogP contribution in [-0.4, -0.2) is 66.4 Å². The summed E-state index contributed by atoms with van der Waals surface area (Å²) in [6.07, 6.45) is 3.24. The smallest absolute Gasteiger partial charge is 0.242 e. The standard InChI is InChI=1S/C15H28N4O2/c1-4-6-15(3,16)14(21)19-10-8-18(9-11-19)12-13(20)17-7-5-2/h5H,2,4,6-12,16H2,1,3H3,(H,17,20). The van der Waals surface area contributed by atoms with Gasteiger partial charge in [0.2, 0.25) is 11.8 Å². The molecular weight excluding hydrogens is 268 g/mol. The molecule has 1 rings (SSSR count). The minimum atomic E-state index is -0.780. The Kier molecular flexibility index (Phi) is 6.84. The van der Waals surface area contributed by atoms with Crippen molar-refractivity contribution in [3.63, 3.8) is 0 Å². The Morgan fingerprint density at radius 2 is 1.95 bits per heavy atom. The zero-order valence-corrected chi connectivity index (χ0v) is 13.2. The maximum Gasteiger partial charge on any atom is 0.242 e. The Balaban J connectivity index is 2.39. The summed E-state index contributed by atoms with van der Waals surface area (Å²) in [5.41, 5.74) is 5.31. The number of piperazine rings is 1. The van der Waals surface area contributed by atoms with Crippen LogP contribution in [-0.2, 0) is 9.59 Å². The van der Waals surface area contributed by atoms with Gasteiger partial charge in [-0.05, 0) is 13.3 Å². The fraction of sp³-hybridized carbons (Fsp3) is 0.733. The average Bonchev–Trinajstić information content (AvgIpc) is 2.45. The van der Waals surface area contributed by atoms with Gasteiger partial charge in [0.1, 0.15) is 0 Å². The minimum absolute atomic E-state index is 0.00989. The Morgan fingerprint density at radius 3 is 2.48 bits per heavy atom. The minimum Gasteiger partial charge on any atom is -0.352 e. The van der Waals surface area contributed by atoms with Crippen molar-refractivity contribution < 1.29 is 9.59 Å². The normalized spacial score (nSPS) is 18.9. The lowest BCUT2D eigenvalue weighted by Gasteiger charge is -2.38. The fourth-order valence-corrected chi connectivity index (χ4v) is 2.54. The van der Waals surface area contributed by atoms with Crippen LogP contribution >= 0.6 is 0 Å². The SMILES string of the molecule is C=CCNC(=O)CN1CCN(C(=O)C(C)(N)CCC)CC1. The van der Waals surface area contributed by atoms with E-state index in [9.17, 15) is 9.59 Å². The lowest BCUT2D eigenvalue weighted by molar-refractivity contribution is -0.138. The van der Waals surface area contributed by atoms with E-state index < -0.39 is 5.54 Å². The Morgan fingerprint density at radius 1 is 1.33 bits per heavy atom. The molecular formula is C15H28N4O2. The number of hydrogen-bond acceptors (Lipinski definition) is 4. The number of nitrogens with one attached hydrogen (secondary N) is 1. The number of hydrogen-bond donors (Lipinski definition) is 2. The highest BCUT2D eigenvalue weighted by Gasteiger charge is 2.33. The molecule has 0 aromatic heterocycles. The van der Waals surface area contributed by atoms with Crippen molar-refractivity contribution in [3.05, 3.63) is 12.7 Å². The van der Waals surface area contributed by atoms with E-state index in [-0.39, 0.29) is 11.8 Å². The summed E-state index contributed by atoms with van der Waals surface area (Å²) in [5.74, 6) is 0.00410. The fourth-order valence-electron chi connectivity index (χ4n) is 2.54. The summed E-state index contributed by atoms with van der Waals surface area (Å²) < 4.78 is 0. The first-order valence-corrected chi connectivity index (χ1v) is 7.59. The number of nitrogens with two attached hydrogens (primary N) is 1. The lowest BCUT2D eigenvalue weighted by Crippen LogP contribution is -2.58.